The SMILES string of the molecule is O=S(=O)(c1ccc(C(F)(F)F)cc1)N1CCN(c2n[nH]c(Br)n2)CC1. The maximum Gasteiger partial charge on any atom is 0.416 e. The minimum atomic E-state index is -4.50. The largest absolute Gasteiger partial charge is 0.416 e. The number of hydrogen-bond acceptors (Lipinski definition) is 5. The first-order chi connectivity index (χ1) is 11.7. The van der Waals surface area contributed by atoms with E-state index in [1.54, 1.807) is 0 Å². The quantitative estimate of drug-likeness (QED) is 0.791. The molecule has 2 heterocycles. The van der Waals surface area contributed by atoms with Crippen LogP contribution < -0.4 is 4.90 Å². The highest BCUT2D eigenvalue weighted by Gasteiger charge is 2.33. The van der Waals surface area contributed by atoms with E-state index in [9.17, 15) is 21.6 Å². The molecule has 0 radical (unpaired) electrons. The first-order valence-electron chi connectivity index (χ1n) is 7.18. The van der Waals surface area contributed by atoms with Crippen LogP contribution in [0.2, 0.25) is 0 Å². The van der Waals surface area contributed by atoms with E-state index in [2.05, 4.69) is 31.1 Å². The Bertz CT molecular complexity index is 845. The van der Waals surface area contributed by atoms with Crippen molar-refractivity contribution in [3.8, 4) is 0 Å². The van der Waals surface area contributed by atoms with E-state index in [1.165, 1.54) is 4.31 Å². The van der Waals surface area contributed by atoms with E-state index in [0.717, 1.165) is 24.3 Å². The Balaban J connectivity index is 1.71. The molecule has 0 bridgehead atoms. The Morgan fingerprint density at radius 1 is 1.08 bits per heavy atom. The monoisotopic (exact) mass is 439 g/mol. The molecule has 1 saturated heterocycles. The third-order valence-corrected chi connectivity index (χ3v) is 6.05. The number of alkyl halides is 3. The summed E-state index contributed by atoms with van der Waals surface area (Å²) >= 11 is 3.15. The molecule has 1 aromatic carbocycles. The zero-order valence-corrected chi connectivity index (χ0v) is 15.1. The molecule has 0 amide bonds. The van der Waals surface area contributed by atoms with Gasteiger partial charge in [-0.2, -0.15) is 22.5 Å². The number of halogens is 4. The van der Waals surface area contributed by atoms with Gasteiger partial charge in [0.1, 0.15) is 0 Å². The van der Waals surface area contributed by atoms with E-state index in [0.29, 0.717) is 23.8 Å². The molecule has 1 aliphatic rings. The second-order valence-corrected chi connectivity index (χ2v) is 8.03. The molecule has 1 aromatic heterocycles. The van der Waals surface area contributed by atoms with Crippen molar-refractivity contribution < 1.29 is 21.6 Å². The van der Waals surface area contributed by atoms with Gasteiger partial charge in [-0.05, 0) is 40.2 Å². The lowest BCUT2D eigenvalue weighted by molar-refractivity contribution is -0.137. The highest BCUT2D eigenvalue weighted by molar-refractivity contribution is 9.10. The Morgan fingerprint density at radius 2 is 1.68 bits per heavy atom. The molecule has 1 aliphatic heterocycles. The molecule has 1 fully saturated rings. The van der Waals surface area contributed by atoms with Crippen molar-refractivity contribution in [2.75, 3.05) is 31.1 Å². The Kier molecular flexibility index (Phi) is 4.77. The average molecular weight is 440 g/mol. The fourth-order valence-electron chi connectivity index (χ4n) is 2.47. The third-order valence-electron chi connectivity index (χ3n) is 3.79. The highest BCUT2D eigenvalue weighted by atomic mass is 79.9. The van der Waals surface area contributed by atoms with Gasteiger partial charge in [0.15, 0.2) is 4.73 Å². The minimum absolute atomic E-state index is 0.158. The lowest BCUT2D eigenvalue weighted by atomic mass is 10.2. The Labute approximate surface area is 150 Å². The zero-order valence-electron chi connectivity index (χ0n) is 12.7. The topological polar surface area (TPSA) is 82.2 Å². The van der Waals surface area contributed by atoms with Gasteiger partial charge in [-0.25, -0.2) is 8.42 Å². The normalized spacial score (nSPS) is 17.0. The maximum absolute atomic E-state index is 12.6. The van der Waals surface area contributed by atoms with E-state index in [1.807, 2.05) is 4.90 Å². The molecule has 1 N–H and O–H groups in total. The summed E-state index contributed by atoms with van der Waals surface area (Å²) < 4.78 is 64.7. The van der Waals surface area contributed by atoms with Crippen LogP contribution in [0, 0.1) is 0 Å². The maximum atomic E-state index is 12.6. The van der Waals surface area contributed by atoms with Crippen molar-refractivity contribution in [2.45, 2.75) is 11.1 Å². The number of aromatic nitrogens is 3. The van der Waals surface area contributed by atoms with Crippen molar-refractivity contribution in [1.29, 1.82) is 0 Å². The van der Waals surface area contributed by atoms with Gasteiger partial charge in [-0.3, -0.25) is 5.10 Å². The second-order valence-electron chi connectivity index (χ2n) is 5.34. The van der Waals surface area contributed by atoms with Gasteiger partial charge in [0, 0.05) is 26.2 Å². The number of H-pyrrole nitrogens is 1. The number of nitrogens with one attached hydrogen (secondary N) is 1. The molecule has 0 unspecified atom stereocenters. The lowest BCUT2D eigenvalue weighted by Gasteiger charge is -2.33. The number of sulfonamides is 1. The molecule has 0 aliphatic carbocycles. The van der Waals surface area contributed by atoms with Crippen molar-refractivity contribution in [3.05, 3.63) is 34.6 Å². The molecule has 0 spiro atoms. The molecule has 25 heavy (non-hydrogen) atoms. The van der Waals surface area contributed by atoms with E-state index in [4.69, 9.17) is 0 Å². The van der Waals surface area contributed by atoms with Gasteiger partial charge in [0.2, 0.25) is 16.0 Å². The zero-order chi connectivity index (χ0) is 18.2. The molecule has 3 rings (SSSR count). The van der Waals surface area contributed by atoms with Gasteiger partial charge >= 0.3 is 6.18 Å². The molecular weight excluding hydrogens is 427 g/mol. The predicted molar refractivity (Wildman–Crippen MR) is 86.5 cm³/mol. The van der Waals surface area contributed by atoms with Crippen LogP contribution in [0.15, 0.2) is 33.9 Å². The standard InChI is InChI=1S/C13H13BrF3N5O2S/c14-11-18-12(20-19-11)21-5-7-22(8-6-21)25(23,24)10-3-1-9(2-4-10)13(15,16)17/h1-4H,5-8H2,(H,18,19,20). The summed E-state index contributed by atoms with van der Waals surface area (Å²) in [5, 5.41) is 6.63. The van der Waals surface area contributed by atoms with Crippen LogP contribution in [0.3, 0.4) is 0 Å². The Hall–Kier alpha value is -1.66. The second kappa shape index (κ2) is 6.57. The van der Waals surface area contributed by atoms with Crippen LogP contribution in [0.5, 0.6) is 0 Å². The van der Waals surface area contributed by atoms with E-state index in [-0.39, 0.29) is 18.0 Å². The predicted octanol–water partition coefficient (Wildman–Crippen LogP) is 2.10. The van der Waals surface area contributed by atoms with Crippen LogP contribution in [0.1, 0.15) is 5.56 Å². The first kappa shape index (κ1) is 18.1. The summed E-state index contributed by atoms with van der Waals surface area (Å²) in [4.78, 5) is 5.78. The van der Waals surface area contributed by atoms with Gasteiger partial charge in [0.05, 0.1) is 10.5 Å². The van der Waals surface area contributed by atoms with Gasteiger partial charge < -0.3 is 4.90 Å². The lowest BCUT2D eigenvalue weighted by Crippen LogP contribution is -2.49. The highest BCUT2D eigenvalue weighted by Crippen LogP contribution is 2.30. The van der Waals surface area contributed by atoms with Crippen LogP contribution in [0.25, 0.3) is 0 Å². The van der Waals surface area contributed by atoms with Crippen molar-refractivity contribution in [2.24, 2.45) is 0 Å². The van der Waals surface area contributed by atoms with Crippen molar-refractivity contribution in [1.82, 2.24) is 19.5 Å². The van der Waals surface area contributed by atoms with Crippen LogP contribution >= 0.6 is 15.9 Å². The number of hydrogen-bond donors (Lipinski definition) is 1. The fourth-order valence-corrected chi connectivity index (χ4v) is 4.14. The fraction of sp³-hybridized carbons (Fsp3) is 0.385. The summed E-state index contributed by atoms with van der Waals surface area (Å²) in [6, 6.07) is 3.51. The number of benzene rings is 1. The number of aromatic amines is 1. The summed E-state index contributed by atoms with van der Waals surface area (Å²) in [7, 11) is -3.84. The molecule has 2 aromatic rings. The number of rotatable bonds is 3. The molecular formula is C13H13BrF3N5O2S. The van der Waals surface area contributed by atoms with Crippen LogP contribution in [-0.4, -0.2) is 54.1 Å². The van der Waals surface area contributed by atoms with Crippen molar-refractivity contribution in [3.63, 3.8) is 0 Å². The average Bonchev–Trinajstić information content (AvgIpc) is 3.01. The number of nitrogens with zero attached hydrogens (tertiary/aromatic N) is 4. The first-order valence-corrected chi connectivity index (χ1v) is 9.41. The molecule has 0 atom stereocenters. The molecule has 7 nitrogen and oxygen atoms in total. The van der Waals surface area contributed by atoms with Crippen molar-refractivity contribution >= 4 is 31.9 Å². The molecule has 12 heteroatoms. The van der Waals surface area contributed by atoms with E-state index < -0.39 is 21.8 Å². The van der Waals surface area contributed by atoms with E-state index >= 15 is 0 Å². The molecule has 136 valence electrons. The number of anilines is 1. The minimum Gasteiger partial charge on any atom is -0.337 e. The summed E-state index contributed by atoms with van der Waals surface area (Å²) in [5.41, 5.74) is -0.883. The van der Waals surface area contributed by atoms with Gasteiger partial charge in [-0.1, -0.05) is 0 Å². The smallest absolute Gasteiger partial charge is 0.337 e. The summed E-state index contributed by atoms with van der Waals surface area (Å²) in [6.45, 7) is 1.14. The Morgan fingerprint density at radius 3 is 2.16 bits per heavy atom. The number of piperazine rings is 1. The van der Waals surface area contributed by atoms with Crippen LogP contribution in [-0.2, 0) is 16.2 Å². The molecule has 0 saturated carbocycles. The summed E-state index contributed by atoms with van der Waals surface area (Å²) in [6.07, 6.45) is -4.50. The summed E-state index contributed by atoms with van der Waals surface area (Å²) in [5.74, 6) is 0.457. The van der Waals surface area contributed by atoms with Gasteiger partial charge in [-0.15, -0.1) is 5.10 Å². The van der Waals surface area contributed by atoms with Crippen LogP contribution in [0.4, 0.5) is 19.1 Å². The van der Waals surface area contributed by atoms with Gasteiger partial charge in [0.25, 0.3) is 0 Å². The third kappa shape index (κ3) is 3.80.